The Morgan fingerprint density at radius 1 is 1.33 bits per heavy atom. The summed E-state index contributed by atoms with van der Waals surface area (Å²) in [5.41, 5.74) is 2.02. The van der Waals surface area contributed by atoms with Crippen LogP contribution in [0.4, 0.5) is 0 Å². The minimum atomic E-state index is -0.00202. The largest absolute Gasteiger partial charge is 0.495 e. The fraction of sp³-hybridized carbons (Fsp3) is 0.375. The van der Waals surface area contributed by atoms with Gasteiger partial charge in [0.25, 0.3) is 0 Å². The number of benzene rings is 1. The second-order valence-corrected chi connectivity index (χ2v) is 5.22. The molecule has 5 heteroatoms. The van der Waals surface area contributed by atoms with Gasteiger partial charge in [0.15, 0.2) is 0 Å². The fourth-order valence-electron chi connectivity index (χ4n) is 2.17. The highest BCUT2D eigenvalue weighted by Crippen LogP contribution is 2.30. The average molecular weight is 306 g/mol. The molecule has 0 radical (unpaired) electrons. The third kappa shape index (κ3) is 3.93. The van der Waals surface area contributed by atoms with E-state index in [4.69, 9.17) is 16.3 Å². The predicted octanol–water partition coefficient (Wildman–Crippen LogP) is 3.54. The highest BCUT2D eigenvalue weighted by Gasteiger charge is 2.16. The standard InChI is InChI=1S/C16H20ClN3O/c1-4-8-19-16(14-7-9-18-11(2)20-14)12-5-6-13(17)15(10-12)21-3/h5-7,9-10,16,19H,4,8H2,1-3H3. The van der Waals surface area contributed by atoms with E-state index in [-0.39, 0.29) is 6.04 Å². The molecular weight excluding hydrogens is 286 g/mol. The van der Waals surface area contributed by atoms with Crippen molar-refractivity contribution in [1.82, 2.24) is 15.3 Å². The maximum atomic E-state index is 6.11. The Kier molecular flexibility index (Phi) is 5.53. The van der Waals surface area contributed by atoms with Crippen molar-refractivity contribution in [3.63, 3.8) is 0 Å². The van der Waals surface area contributed by atoms with Crippen LogP contribution in [-0.2, 0) is 0 Å². The molecule has 1 atom stereocenters. The van der Waals surface area contributed by atoms with Crippen molar-refractivity contribution in [2.45, 2.75) is 26.3 Å². The van der Waals surface area contributed by atoms with Crippen LogP contribution in [0.2, 0.25) is 5.02 Å². The highest BCUT2D eigenvalue weighted by atomic mass is 35.5. The van der Waals surface area contributed by atoms with Gasteiger partial charge < -0.3 is 10.1 Å². The van der Waals surface area contributed by atoms with Gasteiger partial charge in [0.2, 0.25) is 0 Å². The minimum Gasteiger partial charge on any atom is -0.495 e. The molecule has 0 saturated carbocycles. The summed E-state index contributed by atoms with van der Waals surface area (Å²) in [5.74, 6) is 1.43. The molecule has 0 aliphatic rings. The smallest absolute Gasteiger partial charge is 0.137 e. The molecule has 1 unspecified atom stereocenters. The van der Waals surface area contributed by atoms with E-state index in [2.05, 4.69) is 22.2 Å². The number of hydrogen-bond donors (Lipinski definition) is 1. The number of aryl methyl sites for hydroxylation is 1. The normalized spacial score (nSPS) is 12.2. The van der Waals surface area contributed by atoms with Crippen molar-refractivity contribution in [3.05, 3.63) is 52.6 Å². The molecule has 0 aliphatic carbocycles. The third-order valence-electron chi connectivity index (χ3n) is 3.20. The second kappa shape index (κ2) is 7.38. The Morgan fingerprint density at radius 3 is 2.81 bits per heavy atom. The lowest BCUT2D eigenvalue weighted by molar-refractivity contribution is 0.413. The first-order valence-electron chi connectivity index (χ1n) is 7.02. The lowest BCUT2D eigenvalue weighted by Crippen LogP contribution is -2.24. The Labute approximate surface area is 130 Å². The van der Waals surface area contributed by atoms with Crippen LogP contribution in [0.1, 0.15) is 36.5 Å². The first kappa shape index (κ1) is 15.7. The maximum absolute atomic E-state index is 6.11. The van der Waals surface area contributed by atoms with Gasteiger partial charge in [-0.2, -0.15) is 0 Å². The van der Waals surface area contributed by atoms with E-state index in [9.17, 15) is 0 Å². The molecule has 1 N–H and O–H groups in total. The summed E-state index contributed by atoms with van der Waals surface area (Å²) in [7, 11) is 1.62. The van der Waals surface area contributed by atoms with E-state index >= 15 is 0 Å². The number of halogens is 1. The molecule has 1 heterocycles. The molecule has 2 rings (SSSR count). The molecule has 0 saturated heterocycles. The van der Waals surface area contributed by atoms with E-state index in [1.165, 1.54) is 0 Å². The number of methoxy groups -OCH3 is 1. The highest BCUT2D eigenvalue weighted by molar-refractivity contribution is 6.32. The van der Waals surface area contributed by atoms with Crippen LogP contribution in [0.15, 0.2) is 30.5 Å². The quantitative estimate of drug-likeness (QED) is 0.887. The van der Waals surface area contributed by atoms with Crippen molar-refractivity contribution in [1.29, 1.82) is 0 Å². The lowest BCUT2D eigenvalue weighted by Gasteiger charge is -2.19. The molecule has 2 aromatic rings. The van der Waals surface area contributed by atoms with E-state index < -0.39 is 0 Å². The Hall–Kier alpha value is -1.65. The third-order valence-corrected chi connectivity index (χ3v) is 3.51. The zero-order chi connectivity index (χ0) is 15.2. The van der Waals surface area contributed by atoms with Crippen LogP contribution in [0, 0.1) is 6.92 Å². The van der Waals surface area contributed by atoms with E-state index in [1.807, 2.05) is 31.2 Å². The molecule has 0 amide bonds. The van der Waals surface area contributed by atoms with Gasteiger partial charge in [-0.3, -0.25) is 0 Å². The molecule has 1 aromatic carbocycles. The lowest BCUT2D eigenvalue weighted by atomic mass is 10.0. The predicted molar refractivity (Wildman–Crippen MR) is 84.9 cm³/mol. The zero-order valence-corrected chi connectivity index (χ0v) is 13.3. The Bertz CT molecular complexity index is 604. The molecule has 0 aliphatic heterocycles. The summed E-state index contributed by atoms with van der Waals surface area (Å²) in [5, 5.41) is 4.12. The molecule has 0 fully saturated rings. The van der Waals surface area contributed by atoms with E-state index in [1.54, 1.807) is 13.3 Å². The molecule has 0 bridgehead atoms. The average Bonchev–Trinajstić information content (AvgIpc) is 2.49. The molecule has 0 spiro atoms. The van der Waals surface area contributed by atoms with Gasteiger partial charge in [0, 0.05) is 6.20 Å². The molecule has 112 valence electrons. The number of hydrogen-bond acceptors (Lipinski definition) is 4. The number of nitrogens with one attached hydrogen (secondary N) is 1. The summed E-state index contributed by atoms with van der Waals surface area (Å²) in [6.07, 6.45) is 2.83. The van der Waals surface area contributed by atoms with Gasteiger partial charge in [-0.25, -0.2) is 9.97 Å². The number of ether oxygens (including phenoxy) is 1. The van der Waals surface area contributed by atoms with Crippen LogP contribution in [0.5, 0.6) is 5.75 Å². The van der Waals surface area contributed by atoms with Crippen LogP contribution in [0.25, 0.3) is 0 Å². The topological polar surface area (TPSA) is 47.0 Å². The van der Waals surface area contributed by atoms with Crippen LogP contribution in [0.3, 0.4) is 0 Å². The van der Waals surface area contributed by atoms with E-state index in [0.29, 0.717) is 10.8 Å². The fourth-order valence-corrected chi connectivity index (χ4v) is 2.37. The van der Waals surface area contributed by atoms with Crippen molar-refractivity contribution in [2.24, 2.45) is 0 Å². The summed E-state index contributed by atoms with van der Waals surface area (Å²) < 4.78 is 5.31. The molecule has 1 aromatic heterocycles. The Balaban J connectivity index is 2.40. The van der Waals surface area contributed by atoms with Crippen molar-refractivity contribution < 1.29 is 4.74 Å². The summed E-state index contributed by atoms with van der Waals surface area (Å²) in [6.45, 7) is 4.93. The van der Waals surface area contributed by atoms with Crippen molar-refractivity contribution in [2.75, 3.05) is 13.7 Å². The van der Waals surface area contributed by atoms with Crippen LogP contribution < -0.4 is 10.1 Å². The molecular formula is C16H20ClN3O. The van der Waals surface area contributed by atoms with Crippen molar-refractivity contribution in [3.8, 4) is 5.75 Å². The summed E-state index contributed by atoms with van der Waals surface area (Å²) in [4.78, 5) is 8.69. The number of rotatable bonds is 6. The van der Waals surface area contributed by atoms with Crippen molar-refractivity contribution >= 4 is 11.6 Å². The van der Waals surface area contributed by atoms with Gasteiger partial charge in [0.05, 0.1) is 23.9 Å². The monoisotopic (exact) mass is 305 g/mol. The number of aromatic nitrogens is 2. The first-order valence-corrected chi connectivity index (χ1v) is 7.40. The molecule has 4 nitrogen and oxygen atoms in total. The van der Waals surface area contributed by atoms with Gasteiger partial charge >= 0.3 is 0 Å². The zero-order valence-electron chi connectivity index (χ0n) is 12.6. The van der Waals surface area contributed by atoms with Gasteiger partial charge in [-0.15, -0.1) is 0 Å². The van der Waals surface area contributed by atoms with Gasteiger partial charge in [-0.1, -0.05) is 24.6 Å². The second-order valence-electron chi connectivity index (χ2n) is 4.81. The first-order chi connectivity index (χ1) is 10.2. The molecule has 21 heavy (non-hydrogen) atoms. The summed E-state index contributed by atoms with van der Waals surface area (Å²) >= 11 is 6.11. The van der Waals surface area contributed by atoms with Gasteiger partial charge in [-0.05, 0) is 43.7 Å². The maximum Gasteiger partial charge on any atom is 0.137 e. The summed E-state index contributed by atoms with van der Waals surface area (Å²) in [6, 6.07) is 7.73. The van der Waals surface area contributed by atoms with Crippen LogP contribution in [-0.4, -0.2) is 23.6 Å². The Morgan fingerprint density at radius 2 is 2.14 bits per heavy atom. The van der Waals surface area contributed by atoms with Gasteiger partial charge in [0.1, 0.15) is 11.6 Å². The minimum absolute atomic E-state index is 0.00202. The van der Waals surface area contributed by atoms with E-state index in [0.717, 1.165) is 30.0 Å². The number of nitrogens with zero attached hydrogens (tertiary/aromatic N) is 2. The SMILES string of the molecule is CCCNC(c1ccc(Cl)c(OC)c1)c1ccnc(C)n1. The van der Waals surface area contributed by atoms with Crippen LogP contribution >= 0.6 is 11.6 Å².